The van der Waals surface area contributed by atoms with Crippen LogP contribution in [-0.4, -0.2) is 34.4 Å². The van der Waals surface area contributed by atoms with Crippen molar-refractivity contribution in [2.24, 2.45) is 4.99 Å². The number of nitrogens with one attached hydrogen (secondary N) is 2. The van der Waals surface area contributed by atoms with Gasteiger partial charge in [0.15, 0.2) is 0 Å². The van der Waals surface area contributed by atoms with Gasteiger partial charge in [0.25, 0.3) is 5.56 Å². The number of hydrogen-bond donors (Lipinski definition) is 2. The van der Waals surface area contributed by atoms with Gasteiger partial charge in [0, 0.05) is 18.7 Å². The van der Waals surface area contributed by atoms with E-state index in [1.807, 2.05) is 24.3 Å². The van der Waals surface area contributed by atoms with Crippen molar-refractivity contribution in [1.29, 1.82) is 0 Å². The summed E-state index contributed by atoms with van der Waals surface area (Å²) in [4.78, 5) is 33.2. The van der Waals surface area contributed by atoms with E-state index >= 15 is 0 Å². The van der Waals surface area contributed by atoms with Gasteiger partial charge in [-0.05, 0) is 17.7 Å². The number of benzene rings is 2. The predicted molar refractivity (Wildman–Crippen MR) is 104 cm³/mol. The molecule has 0 bridgehead atoms. The van der Waals surface area contributed by atoms with Gasteiger partial charge in [-0.1, -0.05) is 36.4 Å². The first-order chi connectivity index (χ1) is 13.2. The molecule has 1 aliphatic heterocycles. The number of aliphatic imine (C=N–C) groups is 1. The zero-order valence-electron chi connectivity index (χ0n) is 14.7. The Labute approximate surface area is 155 Å². The largest absolute Gasteiger partial charge is 0.368 e. The fourth-order valence-electron chi connectivity index (χ4n) is 3.10. The van der Waals surface area contributed by atoms with E-state index in [9.17, 15) is 9.59 Å². The van der Waals surface area contributed by atoms with Crippen molar-refractivity contribution >= 4 is 22.6 Å². The van der Waals surface area contributed by atoms with E-state index in [1.165, 1.54) is 16.5 Å². The number of carbonyl (C=O) groups excluding carboxylic acids is 1. The molecule has 7 heteroatoms. The lowest BCUT2D eigenvalue weighted by molar-refractivity contribution is -0.121. The van der Waals surface area contributed by atoms with Gasteiger partial charge >= 0.3 is 0 Å². The molecule has 1 aliphatic rings. The highest BCUT2D eigenvalue weighted by Crippen LogP contribution is 2.16. The van der Waals surface area contributed by atoms with Crippen molar-refractivity contribution in [3.05, 3.63) is 76.3 Å². The lowest BCUT2D eigenvalue weighted by Gasteiger charge is -2.10. The summed E-state index contributed by atoms with van der Waals surface area (Å²) in [7, 11) is 0. The molecule has 1 amide bonds. The monoisotopic (exact) mass is 361 g/mol. The van der Waals surface area contributed by atoms with Crippen LogP contribution in [0.2, 0.25) is 0 Å². The van der Waals surface area contributed by atoms with Crippen LogP contribution in [0.4, 0.5) is 0 Å². The Hall–Kier alpha value is -3.48. The number of rotatable bonds is 5. The molecule has 3 aromatic rings. The summed E-state index contributed by atoms with van der Waals surface area (Å²) in [5.74, 6) is 0.625. The van der Waals surface area contributed by atoms with Crippen LogP contribution in [-0.2, 0) is 17.9 Å². The Morgan fingerprint density at radius 1 is 1.07 bits per heavy atom. The Kier molecular flexibility index (Phi) is 4.65. The molecule has 1 aromatic heterocycles. The van der Waals surface area contributed by atoms with E-state index in [0.29, 0.717) is 30.5 Å². The number of carbonyl (C=O) groups is 1. The summed E-state index contributed by atoms with van der Waals surface area (Å²) in [5, 5.41) is 6.56. The minimum atomic E-state index is -0.232. The minimum Gasteiger partial charge on any atom is -0.368 e. The van der Waals surface area contributed by atoms with Crippen LogP contribution in [0, 0.1) is 0 Å². The minimum absolute atomic E-state index is 0.0551. The Bertz CT molecular complexity index is 1090. The quantitative estimate of drug-likeness (QED) is 0.665. The first-order valence-corrected chi connectivity index (χ1v) is 8.80. The summed E-state index contributed by atoms with van der Waals surface area (Å²) in [6.07, 6.45) is 1.41. The summed E-state index contributed by atoms with van der Waals surface area (Å²) >= 11 is 0. The Morgan fingerprint density at radius 3 is 2.81 bits per heavy atom. The van der Waals surface area contributed by atoms with Crippen LogP contribution in [0.5, 0.6) is 0 Å². The second kappa shape index (κ2) is 7.41. The van der Waals surface area contributed by atoms with Crippen molar-refractivity contribution in [3.63, 3.8) is 0 Å². The molecule has 2 N–H and O–H groups in total. The van der Waals surface area contributed by atoms with Gasteiger partial charge in [-0.3, -0.25) is 19.1 Å². The third-order valence-electron chi connectivity index (χ3n) is 4.47. The van der Waals surface area contributed by atoms with Gasteiger partial charge in [0.2, 0.25) is 5.91 Å². The highest BCUT2D eigenvalue weighted by atomic mass is 16.2. The number of nitrogens with zero attached hydrogens (tertiary/aromatic N) is 3. The molecule has 2 heterocycles. The maximum absolute atomic E-state index is 12.4. The van der Waals surface area contributed by atoms with E-state index in [2.05, 4.69) is 26.7 Å². The lowest BCUT2D eigenvalue weighted by atomic mass is 10.1. The Morgan fingerprint density at radius 2 is 1.89 bits per heavy atom. The molecule has 0 spiro atoms. The van der Waals surface area contributed by atoms with E-state index < -0.39 is 0 Å². The highest BCUT2D eigenvalue weighted by molar-refractivity contribution is 6.01. The van der Waals surface area contributed by atoms with Gasteiger partial charge in [-0.15, -0.1) is 0 Å². The number of aromatic nitrogens is 2. The standard InChI is InChI=1S/C20H19N5O2/c26-18(12-25-13-24-17-8-4-3-7-16(17)20(25)27)21-9-10-22-19-15-6-2-1-5-14(15)11-23-19/h1-8,13H,9-12H2,(H,21,26)(H,22,23). The molecule has 4 rings (SSSR count). The second-order valence-corrected chi connectivity index (χ2v) is 6.29. The van der Waals surface area contributed by atoms with Crippen LogP contribution >= 0.6 is 0 Å². The summed E-state index contributed by atoms with van der Waals surface area (Å²) in [6, 6.07) is 15.2. The molecule has 0 aliphatic carbocycles. The molecular formula is C20H19N5O2. The van der Waals surface area contributed by atoms with Crippen LogP contribution in [0.25, 0.3) is 10.9 Å². The summed E-state index contributed by atoms with van der Waals surface area (Å²) < 4.78 is 1.32. The van der Waals surface area contributed by atoms with Gasteiger partial charge < -0.3 is 10.6 Å². The van der Waals surface area contributed by atoms with Crippen molar-refractivity contribution in [2.75, 3.05) is 13.1 Å². The topological polar surface area (TPSA) is 88.4 Å². The third kappa shape index (κ3) is 3.57. The average molecular weight is 361 g/mol. The number of fused-ring (bicyclic) bond motifs is 2. The highest BCUT2D eigenvalue weighted by Gasteiger charge is 2.14. The number of para-hydroxylation sites is 1. The molecular weight excluding hydrogens is 342 g/mol. The average Bonchev–Trinajstić information content (AvgIpc) is 3.11. The predicted octanol–water partition coefficient (Wildman–Crippen LogP) is 1.06. The fraction of sp³-hybridized carbons (Fsp3) is 0.200. The maximum Gasteiger partial charge on any atom is 0.261 e. The third-order valence-corrected chi connectivity index (χ3v) is 4.47. The molecule has 27 heavy (non-hydrogen) atoms. The number of amidine groups is 1. The first-order valence-electron chi connectivity index (χ1n) is 8.80. The van der Waals surface area contributed by atoms with Crippen LogP contribution in [0.1, 0.15) is 11.1 Å². The molecule has 0 radical (unpaired) electrons. The van der Waals surface area contributed by atoms with E-state index in [-0.39, 0.29) is 18.0 Å². The van der Waals surface area contributed by atoms with Gasteiger partial charge in [-0.25, -0.2) is 4.98 Å². The lowest BCUT2D eigenvalue weighted by Crippen LogP contribution is -2.37. The van der Waals surface area contributed by atoms with E-state index in [1.54, 1.807) is 18.2 Å². The van der Waals surface area contributed by atoms with Crippen molar-refractivity contribution in [1.82, 2.24) is 20.2 Å². The van der Waals surface area contributed by atoms with Crippen LogP contribution in [0.3, 0.4) is 0 Å². The zero-order chi connectivity index (χ0) is 18.6. The van der Waals surface area contributed by atoms with Crippen molar-refractivity contribution in [3.8, 4) is 0 Å². The molecule has 0 unspecified atom stereocenters. The van der Waals surface area contributed by atoms with Crippen LogP contribution < -0.4 is 16.2 Å². The van der Waals surface area contributed by atoms with Gasteiger partial charge in [0.05, 0.1) is 23.8 Å². The van der Waals surface area contributed by atoms with Crippen molar-refractivity contribution < 1.29 is 4.79 Å². The van der Waals surface area contributed by atoms with E-state index in [4.69, 9.17) is 0 Å². The number of hydrogen-bond acceptors (Lipinski definition) is 5. The van der Waals surface area contributed by atoms with Gasteiger partial charge in [-0.2, -0.15) is 0 Å². The second-order valence-electron chi connectivity index (χ2n) is 6.29. The molecule has 0 atom stereocenters. The molecule has 2 aromatic carbocycles. The van der Waals surface area contributed by atoms with Crippen molar-refractivity contribution in [2.45, 2.75) is 13.1 Å². The summed E-state index contributed by atoms with van der Waals surface area (Å²) in [6.45, 7) is 1.63. The van der Waals surface area contributed by atoms with Gasteiger partial charge in [0.1, 0.15) is 12.4 Å². The molecule has 0 fully saturated rings. The maximum atomic E-state index is 12.4. The first kappa shape index (κ1) is 17.0. The SMILES string of the molecule is O=C(Cn1cnc2ccccc2c1=O)NCCNC1=NCc2ccccc21. The fourth-order valence-corrected chi connectivity index (χ4v) is 3.10. The molecule has 136 valence electrons. The Balaban J connectivity index is 1.30. The molecule has 0 saturated carbocycles. The summed E-state index contributed by atoms with van der Waals surface area (Å²) in [5.41, 5.74) is 2.72. The molecule has 0 saturated heterocycles. The molecule has 7 nitrogen and oxygen atoms in total. The number of amides is 1. The van der Waals surface area contributed by atoms with Crippen LogP contribution in [0.15, 0.2) is 64.6 Å². The van der Waals surface area contributed by atoms with E-state index in [0.717, 1.165) is 11.4 Å². The smallest absolute Gasteiger partial charge is 0.261 e. The normalized spacial score (nSPS) is 12.5. The zero-order valence-corrected chi connectivity index (χ0v) is 14.7.